The number of rotatable bonds is 5. The Labute approximate surface area is 98.1 Å². The molecule has 0 saturated carbocycles. The van der Waals surface area contributed by atoms with Crippen LogP contribution in [-0.2, 0) is 0 Å². The van der Waals surface area contributed by atoms with Crippen LogP contribution in [0.25, 0.3) is 6.08 Å². The third kappa shape index (κ3) is 3.67. The molecule has 16 heavy (non-hydrogen) atoms. The summed E-state index contributed by atoms with van der Waals surface area (Å²) in [5.41, 5.74) is 1.10. The highest BCUT2D eigenvalue weighted by atomic mass is 16.3. The van der Waals surface area contributed by atoms with Crippen molar-refractivity contribution in [3.63, 3.8) is 0 Å². The maximum absolute atomic E-state index is 9.98. The summed E-state index contributed by atoms with van der Waals surface area (Å²) < 4.78 is 0. The minimum atomic E-state index is -0.460. The first-order valence-electron chi connectivity index (χ1n) is 5.69. The van der Waals surface area contributed by atoms with Gasteiger partial charge in [0.1, 0.15) is 0 Å². The van der Waals surface area contributed by atoms with Gasteiger partial charge in [-0.05, 0) is 11.5 Å². The molecule has 1 rings (SSSR count). The monoisotopic (exact) mass is 216 g/mol. The first-order chi connectivity index (χ1) is 7.65. The molecule has 0 unspecified atom stereocenters. The number of aliphatic hydroxyl groups excluding tert-OH is 1. The van der Waals surface area contributed by atoms with Gasteiger partial charge in [-0.3, -0.25) is 0 Å². The predicted octanol–water partition coefficient (Wildman–Crippen LogP) is 3.52. The van der Waals surface area contributed by atoms with E-state index in [1.165, 1.54) is 0 Å². The van der Waals surface area contributed by atoms with E-state index in [1.807, 2.05) is 48.6 Å². The Morgan fingerprint density at radius 3 is 2.31 bits per heavy atom. The van der Waals surface area contributed by atoms with E-state index in [0.717, 1.165) is 5.56 Å². The van der Waals surface area contributed by atoms with Crippen molar-refractivity contribution in [2.24, 2.45) is 11.8 Å². The lowest BCUT2D eigenvalue weighted by atomic mass is 9.90. The van der Waals surface area contributed by atoms with Crippen molar-refractivity contribution in [1.82, 2.24) is 0 Å². The van der Waals surface area contributed by atoms with Crippen LogP contribution in [0.15, 0.2) is 49.1 Å². The Balaban J connectivity index is 2.66. The molecule has 0 fully saturated rings. The van der Waals surface area contributed by atoms with Crippen molar-refractivity contribution in [3.05, 3.63) is 54.6 Å². The minimum Gasteiger partial charge on any atom is -0.388 e. The van der Waals surface area contributed by atoms with Crippen molar-refractivity contribution >= 4 is 6.08 Å². The molecule has 1 heteroatoms. The maximum atomic E-state index is 9.98. The summed E-state index contributed by atoms with van der Waals surface area (Å²) in [5, 5.41) is 9.98. The van der Waals surface area contributed by atoms with E-state index in [-0.39, 0.29) is 5.92 Å². The van der Waals surface area contributed by atoms with Crippen LogP contribution in [0.2, 0.25) is 0 Å². The fraction of sp³-hybridized carbons (Fsp3) is 0.333. The Bertz CT molecular complexity index is 338. The summed E-state index contributed by atoms with van der Waals surface area (Å²) in [6, 6.07) is 9.98. The molecular formula is C15H20O. The minimum absolute atomic E-state index is 0.111. The predicted molar refractivity (Wildman–Crippen MR) is 70.0 cm³/mol. The molecule has 0 aliphatic heterocycles. The quantitative estimate of drug-likeness (QED) is 0.747. The van der Waals surface area contributed by atoms with E-state index in [9.17, 15) is 5.11 Å². The maximum Gasteiger partial charge on any atom is 0.0789 e. The van der Waals surface area contributed by atoms with Gasteiger partial charge in [0.05, 0.1) is 6.10 Å². The zero-order valence-electron chi connectivity index (χ0n) is 10.0. The van der Waals surface area contributed by atoms with Crippen molar-refractivity contribution < 1.29 is 5.11 Å². The lowest BCUT2D eigenvalue weighted by Gasteiger charge is -2.20. The van der Waals surface area contributed by atoms with Crippen LogP contribution in [0.4, 0.5) is 0 Å². The highest BCUT2D eigenvalue weighted by Crippen LogP contribution is 2.18. The molecule has 86 valence electrons. The lowest BCUT2D eigenvalue weighted by molar-refractivity contribution is 0.152. The SMILES string of the molecule is C=C[C@H](C(C)C)[C@H](O)/C=C/c1ccccc1. The van der Waals surface area contributed by atoms with E-state index >= 15 is 0 Å². The average molecular weight is 216 g/mol. The Morgan fingerprint density at radius 2 is 1.81 bits per heavy atom. The number of hydrogen-bond acceptors (Lipinski definition) is 1. The van der Waals surface area contributed by atoms with Gasteiger partial charge in [0, 0.05) is 5.92 Å². The number of hydrogen-bond donors (Lipinski definition) is 1. The van der Waals surface area contributed by atoms with Crippen LogP contribution < -0.4 is 0 Å². The highest BCUT2D eigenvalue weighted by Gasteiger charge is 2.16. The number of aliphatic hydroxyl groups is 1. The molecule has 1 N–H and O–H groups in total. The summed E-state index contributed by atoms with van der Waals surface area (Å²) in [6.07, 6.45) is 5.15. The highest BCUT2D eigenvalue weighted by molar-refractivity contribution is 5.49. The van der Waals surface area contributed by atoms with Crippen LogP contribution in [0.3, 0.4) is 0 Å². The van der Waals surface area contributed by atoms with E-state index in [2.05, 4.69) is 20.4 Å². The third-order valence-corrected chi connectivity index (χ3v) is 2.72. The molecule has 1 nitrogen and oxygen atoms in total. The van der Waals surface area contributed by atoms with Crippen LogP contribution >= 0.6 is 0 Å². The van der Waals surface area contributed by atoms with E-state index in [1.54, 1.807) is 0 Å². The molecule has 0 aliphatic carbocycles. The van der Waals surface area contributed by atoms with Crippen molar-refractivity contribution in [1.29, 1.82) is 0 Å². The van der Waals surface area contributed by atoms with Gasteiger partial charge in [-0.1, -0.05) is 62.4 Å². The molecule has 1 aromatic carbocycles. The summed E-state index contributed by atoms with van der Waals surface area (Å²) in [5.74, 6) is 0.507. The molecule has 0 aromatic heterocycles. The second kappa shape index (κ2) is 6.29. The normalized spacial score (nSPS) is 15.2. The molecular weight excluding hydrogens is 196 g/mol. The molecule has 1 aromatic rings. The lowest BCUT2D eigenvalue weighted by Crippen LogP contribution is -2.20. The summed E-state index contributed by atoms with van der Waals surface area (Å²) in [6.45, 7) is 7.94. The number of benzene rings is 1. The van der Waals surface area contributed by atoms with Gasteiger partial charge in [0.25, 0.3) is 0 Å². The van der Waals surface area contributed by atoms with Gasteiger partial charge < -0.3 is 5.11 Å². The van der Waals surface area contributed by atoms with E-state index < -0.39 is 6.10 Å². The standard InChI is InChI=1S/C15H20O/c1-4-14(12(2)3)15(16)11-10-13-8-6-5-7-9-13/h4-12,14-16H,1H2,2-3H3/b11-10+/t14-,15-/m1/s1. The molecule has 2 atom stereocenters. The largest absolute Gasteiger partial charge is 0.388 e. The summed E-state index contributed by atoms with van der Waals surface area (Å²) >= 11 is 0. The zero-order valence-corrected chi connectivity index (χ0v) is 10.0. The second-order valence-corrected chi connectivity index (χ2v) is 4.32. The molecule has 0 spiro atoms. The van der Waals surface area contributed by atoms with E-state index in [4.69, 9.17) is 0 Å². The second-order valence-electron chi connectivity index (χ2n) is 4.32. The molecule has 0 bridgehead atoms. The molecule has 0 saturated heterocycles. The molecule has 0 amide bonds. The first kappa shape index (κ1) is 12.7. The van der Waals surface area contributed by atoms with Crippen LogP contribution in [0.5, 0.6) is 0 Å². The van der Waals surface area contributed by atoms with Crippen LogP contribution in [0, 0.1) is 11.8 Å². The fourth-order valence-corrected chi connectivity index (χ4v) is 1.71. The summed E-state index contributed by atoms with van der Waals surface area (Å²) in [7, 11) is 0. The Morgan fingerprint density at radius 1 is 1.19 bits per heavy atom. The van der Waals surface area contributed by atoms with Gasteiger partial charge in [-0.15, -0.1) is 6.58 Å². The van der Waals surface area contributed by atoms with Crippen molar-refractivity contribution in [3.8, 4) is 0 Å². The van der Waals surface area contributed by atoms with Crippen molar-refractivity contribution in [2.75, 3.05) is 0 Å². The average Bonchev–Trinajstić information content (AvgIpc) is 2.28. The van der Waals surface area contributed by atoms with Crippen LogP contribution in [-0.4, -0.2) is 11.2 Å². The van der Waals surface area contributed by atoms with Gasteiger partial charge in [-0.2, -0.15) is 0 Å². The van der Waals surface area contributed by atoms with Gasteiger partial charge in [-0.25, -0.2) is 0 Å². The topological polar surface area (TPSA) is 20.2 Å². The fourth-order valence-electron chi connectivity index (χ4n) is 1.71. The molecule has 0 heterocycles. The molecule has 0 aliphatic rings. The molecule has 0 radical (unpaired) electrons. The first-order valence-corrected chi connectivity index (χ1v) is 5.69. The summed E-state index contributed by atoms with van der Waals surface area (Å²) in [4.78, 5) is 0. The van der Waals surface area contributed by atoms with Crippen molar-refractivity contribution in [2.45, 2.75) is 20.0 Å². The van der Waals surface area contributed by atoms with Crippen LogP contribution in [0.1, 0.15) is 19.4 Å². The van der Waals surface area contributed by atoms with Gasteiger partial charge in [0.2, 0.25) is 0 Å². The van der Waals surface area contributed by atoms with Gasteiger partial charge in [0.15, 0.2) is 0 Å². The van der Waals surface area contributed by atoms with Gasteiger partial charge >= 0.3 is 0 Å². The Hall–Kier alpha value is -1.34. The zero-order chi connectivity index (χ0) is 12.0. The third-order valence-electron chi connectivity index (χ3n) is 2.72. The Kier molecular flexibility index (Phi) is 5.00. The smallest absolute Gasteiger partial charge is 0.0789 e. The van der Waals surface area contributed by atoms with E-state index in [0.29, 0.717) is 5.92 Å².